The van der Waals surface area contributed by atoms with Crippen LogP contribution in [0.3, 0.4) is 0 Å². The van der Waals surface area contributed by atoms with E-state index in [2.05, 4.69) is 117 Å². The highest BCUT2D eigenvalue weighted by Crippen LogP contribution is 2.70. The molecule has 13 aliphatic carbocycles. The molecule has 9 saturated carbocycles. The summed E-state index contributed by atoms with van der Waals surface area (Å²) in [6.45, 7) is 32.2. The van der Waals surface area contributed by atoms with Gasteiger partial charge in [0.25, 0.3) is 0 Å². The number of ketones is 6. The van der Waals surface area contributed by atoms with E-state index < -0.39 is 11.9 Å². The van der Waals surface area contributed by atoms with Crippen molar-refractivity contribution in [3.8, 4) is 0 Å². The number of esters is 8. The minimum atomic E-state index is -0.416. The molecule has 0 aromatic carbocycles. The number of ether oxygens (including phenoxy) is 6. The first-order valence-corrected chi connectivity index (χ1v) is 33.7. The van der Waals surface area contributed by atoms with E-state index in [9.17, 15) is 67.1 Å². The van der Waals surface area contributed by atoms with Gasteiger partial charge in [0, 0.05) is 70.3 Å². The fraction of sp³-hybridized carbons (Fsp3) is 0.487. The number of hydrogen-bond donors (Lipinski definition) is 0. The van der Waals surface area contributed by atoms with Gasteiger partial charge in [0.15, 0.2) is 0 Å². The summed E-state index contributed by atoms with van der Waals surface area (Å²) in [5, 5.41) is 0. The maximum atomic E-state index is 12.0. The van der Waals surface area contributed by atoms with E-state index >= 15 is 0 Å². The van der Waals surface area contributed by atoms with Gasteiger partial charge in [-0.25, -0.2) is 19.2 Å². The van der Waals surface area contributed by atoms with Gasteiger partial charge in [-0.15, -0.1) is 6.58 Å². The average molecular weight is 1340 g/mol. The molecule has 12 fully saturated rings. The molecule has 20 nitrogen and oxygen atoms in total. The van der Waals surface area contributed by atoms with Crippen LogP contribution >= 0.6 is 0 Å². The molecule has 21 unspecified atom stereocenters. The third-order valence-electron chi connectivity index (χ3n) is 23.3. The van der Waals surface area contributed by atoms with Crippen LogP contribution in [-0.2, 0) is 95.5 Å². The van der Waals surface area contributed by atoms with Crippen LogP contribution < -0.4 is 0 Å². The highest BCUT2D eigenvalue weighted by molar-refractivity contribution is 6.11. The Morgan fingerprint density at radius 3 is 1.37 bits per heavy atom. The molecule has 0 aromatic rings. The van der Waals surface area contributed by atoms with Crippen LogP contribution in [0.2, 0.25) is 0 Å². The lowest BCUT2D eigenvalue weighted by molar-refractivity contribution is -0.155. The molecule has 21 atom stereocenters. The molecule has 0 spiro atoms. The maximum absolute atomic E-state index is 12.0. The number of rotatable bonds is 2. The Morgan fingerprint density at radius 1 is 0.469 bits per heavy atom. The van der Waals surface area contributed by atoms with Gasteiger partial charge in [-0.05, 0) is 156 Å². The van der Waals surface area contributed by atoms with Crippen LogP contribution in [0, 0.1) is 130 Å². The lowest BCUT2D eigenvalue weighted by atomic mass is 9.65. The van der Waals surface area contributed by atoms with Gasteiger partial charge in [0.2, 0.25) is 0 Å². The third-order valence-corrected chi connectivity index (χ3v) is 23.3. The summed E-state index contributed by atoms with van der Waals surface area (Å²) in [5.41, 5.74) is 4.81. The van der Waals surface area contributed by atoms with Crippen molar-refractivity contribution in [2.24, 2.45) is 130 Å². The molecule has 0 radical (unpaired) electrons. The average Bonchev–Trinajstić information content (AvgIpc) is 1.53. The van der Waals surface area contributed by atoms with Gasteiger partial charge in [-0.1, -0.05) is 93.5 Å². The van der Waals surface area contributed by atoms with Crippen molar-refractivity contribution in [2.45, 2.75) is 106 Å². The van der Waals surface area contributed by atoms with Gasteiger partial charge in [-0.2, -0.15) is 0 Å². The Balaban J connectivity index is 0.000000113. The van der Waals surface area contributed by atoms with E-state index in [-0.39, 0.29) is 161 Å². The molecular formula is C78H82O20. The fourth-order valence-corrected chi connectivity index (χ4v) is 19.1. The second-order valence-corrected chi connectivity index (χ2v) is 29.2. The van der Waals surface area contributed by atoms with E-state index in [0.29, 0.717) is 94.0 Å². The van der Waals surface area contributed by atoms with Gasteiger partial charge in [0.1, 0.15) is 57.7 Å². The minimum Gasteiger partial charge on any atom is -0.428 e. The van der Waals surface area contributed by atoms with Crippen molar-refractivity contribution in [2.75, 3.05) is 0 Å². The van der Waals surface area contributed by atoms with Crippen molar-refractivity contribution in [3.05, 3.63) is 157 Å². The Morgan fingerprint density at radius 2 is 0.990 bits per heavy atom. The largest absolute Gasteiger partial charge is 0.428 e. The van der Waals surface area contributed by atoms with Gasteiger partial charge < -0.3 is 28.4 Å². The summed E-state index contributed by atoms with van der Waals surface area (Å²) in [4.78, 5) is 156. The summed E-state index contributed by atoms with van der Waals surface area (Å²) < 4.78 is 27.2. The summed E-state index contributed by atoms with van der Waals surface area (Å²) in [7, 11) is 0. The van der Waals surface area contributed by atoms with Crippen LogP contribution in [-0.4, -0.2) is 82.5 Å². The van der Waals surface area contributed by atoms with Gasteiger partial charge in [-0.3, -0.25) is 47.9 Å². The Bertz CT molecular complexity index is 3740. The molecule has 6 aliphatic heterocycles. The lowest BCUT2D eigenvalue weighted by Gasteiger charge is -2.37. The van der Waals surface area contributed by atoms with E-state index in [1.54, 1.807) is 19.9 Å². The number of fused-ring (bicyclic) bond motifs is 27. The normalized spacial score (nSPS) is 38.4. The highest BCUT2D eigenvalue weighted by atomic mass is 16.6. The first-order chi connectivity index (χ1) is 46.3. The molecule has 20 heteroatoms. The summed E-state index contributed by atoms with van der Waals surface area (Å²) in [6.07, 6.45) is 26.4. The second kappa shape index (κ2) is 27.6. The molecule has 514 valence electrons. The lowest BCUT2D eigenvalue weighted by Crippen LogP contribution is -2.38. The second-order valence-electron chi connectivity index (χ2n) is 29.2. The Hall–Kier alpha value is -9.20. The molecule has 98 heavy (non-hydrogen) atoms. The molecule has 10 bridgehead atoms. The smallest absolute Gasteiger partial charge is 0.339 e. The molecule has 0 N–H and O–H groups in total. The number of carbonyl (C=O) groups is 14. The minimum absolute atomic E-state index is 0.0532. The summed E-state index contributed by atoms with van der Waals surface area (Å²) in [6, 6.07) is 0. The third kappa shape index (κ3) is 13.3. The molecule has 0 aromatic heterocycles. The first-order valence-electron chi connectivity index (χ1n) is 33.7. The Kier molecular flexibility index (Phi) is 19.8. The monoisotopic (exact) mass is 1340 g/mol. The van der Waals surface area contributed by atoms with Gasteiger partial charge >= 0.3 is 47.8 Å². The van der Waals surface area contributed by atoms with Crippen LogP contribution in [0.5, 0.6) is 0 Å². The van der Waals surface area contributed by atoms with Crippen molar-refractivity contribution < 1.29 is 95.5 Å². The van der Waals surface area contributed by atoms with Crippen molar-refractivity contribution in [1.29, 1.82) is 0 Å². The number of allylic oxidation sites excluding steroid dienone is 13. The van der Waals surface area contributed by atoms with Gasteiger partial charge in [0.05, 0.1) is 43.4 Å². The molecule has 6 heterocycles. The number of hydrogen-bond acceptors (Lipinski definition) is 20. The van der Waals surface area contributed by atoms with Crippen LogP contribution in [0.1, 0.15) is 106 Å². The standard InChI is InChI=1S/C15H16O2.C11H12O2.C10H10O3.C10H10O2.C8H10O3.C7H8O2.2C6H6O2.C5H4O2/c16-10-5-11(17)15-9-4-8(14(10)15)12-6-1-2-7(3-6)13(9)12;1-5-6-2-3-7(5)11-9(13)4-8(12)10(6)11;1-4-2-5-3-6(4)8-7(5)9(11)13-10(8)12;11-7-4-8(12)10-6-2-1-5(3-6)9(7)10;1-5(2)3-6-4-7(9)11-8(6)10;1-4-5(2)7(8)9-6(4)3;2*1-4-3-5(2)8-6(4)7;1-4-2-3-5(6)7-4/h1-2,6-9,12-15H,3-5H2;2-3,5-7,10-11H,4H2,1H3;2,5-8H,3H2,1H3;1-2,5-6,9-10H,3-4H2;6H,1,3-4H2,2H3;3H2,1-2H3;3H,2H2,1H3;1-3H2;2-3H,1H2. The summed E-state index contributed by atoms with van der Waals surface area (Å²) in [5.74, 6) is 7.24. The topological polar surface area (TPSA) is 294 Å². The van der Waals surface area contributed by atoms with Crippen LogP contribution in [0.4, 0.5) is 0 Å². The van der Waals surface area contributed by atoms with E-state index in [1.807, 2.05) is 20.8 Å². The van der Waals surface area contributed by atoms with E-state index in [0.717, 1.165) is 47.7 Å². The predicted octanol–water partition coefficient (Wildman–Crippen LogP) is 9.98. The number of carbonyl (C=O) groups excluding carboxylic acids is 14. The van der Waals surface area contributed by atoms with Crippen molar-refractivity contribution >= 4 is 82.5 Å². The zero-order valence-corrected chi connectivity index (χ0v) is 56.0. The zero-order valence-electron chi connectivity index (χ0n) is 56.0. The van der Waals surface area contributed by atoms with Crippen molar-refractivity contribution in [1.82, 2.24) is 0 Å². The SMILES string of the molecule is C=C(C)CC1CC(=O)OC1=O.C=C1C=C(C)C(=O)O1.C=C1C=CC(=O)O1.C=C1CC(=C)C(=O)O1.C=C1OC(=O)C(C)=C1C.CC1=CC2CC1C1C(=O)OC(=O)C21.CC1C2C=CC1C1C(=O)CC(=O)C21.O=C1CC(=O)C2C3C=CC(C3)C12.O=C1CC(=O)C2C3CC(C12)C1C2C=CC(C2)C31. The molecule has 19 rings (SSSR count). The maximum Gasteiger partial charge on any atom is 0.339 e. The molecule has 19 aliphatic rings. The first kappa shape index (κ1) is 70.1. The van der Waals surface area contributed by atoms with Crippen molar-refractivity contribution in [3.63, 3.8) is 0 Å². The van der Waals surface area contributed by atoms with E-state index in [1.165, 1.54) is 30.6 Å². The molecular weight excluding hydrogens is 1260 g/mol. The Labute approximate surface area is 568 Å². The fourth-order valence-electron chi connectivity index (χ4n) is 19.1. The number of cyclic esters (lactones) is 8. The highest BCUT2D eigenvalue weighted by Gasteiger charge is 2.69. The zero-order chi connectivity index (χ0) is 70.9. The van der Waals surface area contributed by atoms with Crippen LogP contribution in [0.25, 0.3) is 0 Å². The predicted molar refractivity (Wildman–Crippen MR) is 348 cm³/mol. The molecule has 3 saturated heterocycles. The van der Waals surface area contributed by atoms with Crippen LogP contribution in [0.15, 0.2) is 157 Å². The van der Waals surface area contributed by atoms with E-state index in [4.69, 9.17) is 0 Å². The number of Topliss-reactive ketones (excluding diaryl/α,β-unsaturated/α-hetero) is 6. The summed E-state index contributed by atoms with van der Waals surface area (Å²) >= 11 is 0. The molecule has 0 amide bonds. The quantitative estimate of drug-likeness (QED) is 0.0620.